The third kappa shape index (κ3) is 3.79. The van der Waals surface area contributed by atoms with Crippen LogP contribution in [0.15, 0.2) is 30.5 Å². The second-order valence-corrected chi connectivity index (χ2v) is 8.91. The fourth-order valence-corrected chi connectivity index (χ4v) is 5.28. The van der Waals surface area contributed by atoms with E-state index in [9.17, 15) is 14.4 Å². The summed E-state index contributed by atoms with van der Waals surface area (Å²) in [7, 11) is 2.00. The minimum absolute atomic E-state index is 0.0437. The first-order valence-electron chi connectivity index (χ1n) is 11.4. The summed E-state index contributed by atoms with van der Waals surface area (Å²) in [5, 5.41) is 5.60. The fourth-order valence-electron chi connectivity index (χ4n) is 5.28. The Kier molecular flexibility index (Phi) is 5.46. The number of aryl methyl sites for hydroxylation is 2. The Balaban J connectivity index is 1.25. The van der Waals surface area contributed by atoms with Gasteiger partial charge in [0.25, 0.3) is 0 Å². The zero-order valence-electron chi connectivity index (χ0n) is 18.4. The number of aromatic nitrogens is 1. The van der Waals surface area contributed by atoms with Crippen molar-refractivity contribution in [2.45, 2.75) is 38.1 Å². The first-order chi connectivity index (χ1) is 15.5. The number of rotatable bonds is 5. The Morgan fingerprint density at radius 2 is 1.78 bits per heavy atom. The lowest BCUT2D eigenvalue weighted by atomic mass is 9.98. The predicted molar refractivity (Wildman–Crippen MR) is 121 cm³/mol. The Morgan fingerprint density at radius 3 is 2.50 bits per heavy atom. The number of carbonyl (C=O) groups is 3. The maximum Gasteiger partial charge on any atom is 0.313 e. The summed E-state index contributed by atoms with van der Waals surface area (Å²) in [5.41, 5.74) is 4.87. The lowest BCUT2D eigenvalue weighted by molar-refractivity contribution is -0.136. The molecule has 0 saturated carbocycles. The van der Waals surface area contributed by atoms with Crippen molar-refractivity contribution in [2.24, 2.45) is 7.05 Å². The molecule has 1 aromatic heterocycles. The second kappa shape index (κ2) is 8.43. The minimum Gasteiger partial charge on any atom is -0.353 e. The molecule has 1 saturated heterocycles. The summed E-state index contributed by atoms with van der Waals surface area (Å²) in [6, 6.07) is 7.90. The summed E-state index contributed by atoms with van der Waals surface area (Å²) < 4.78 is 2.07. The van der Waals surface area contributed by atoms with Gasteiger partial charge in [0.05, 0.1) is 11.7 Å². The number of hydrogen-bond acceptors (Lipinski definition) is 4. The van der Waals surface area contributed by atoms with Gasteiger partial charge in [0, 0.05) is 44.1 Å². The quantitative estimate of drug-likeness (QED) is 0.701. The smallest absolute Gasteiger partial charge is 0.313 e. The highest BCUT2D eigenvalue weighted by atomic mass is 16.2. The van der Waals surface area contributed by atoms with Crippen LogP contribution in [0.1, 0.15) is 42.1 Å². The monoisotopic (exact) mass is 435 g/mol. The largest absolute Gasteiger partial charge is 0.353 e. The van der Waals surface area contributed by atoms with E-state index in [1.165, 1.54) is 0 Å². The summed E-state index contributed by atoms with van der Waals surface area (Å²) in [6.07, 6.45) is 6.24. The molecule has 3 amide bonds. The van der Waals surface area contributed by atoms with Gasteiger partial charge in [-0.15, -0.1) is 0 Å². The van der Waals surface area contributed by atoms with E-state index in [-0.39, 0.29) is 11.9 Å². The van der Waals surface area contributed by atoms with Crippen molar-refractivity contribution in [1.29, 1.82) is 0 Å². The highest BCUT2D eigenvalue weighted by Crippen LogP contribution is 2.38. The van der Waals surface area contributed by atoms with E-state index >= 15 is 0 Å². The molecule has 3 aliphatic heterocycles. The molecule has 0 unspecified atom stereocenters. The van der Waals surface area contributed by atoms with Crippen LogP contribution < -0.4 is 15.5 Å². The summed E-state index contributed by atoms with van der Waals surface area (Å²) in [4.78, 5) is 41.5. The number of anilines is 2. The predicted octanol–water partition coefficient (Wildman–Crippen LogP) is 1.75. The first kappa shape index (κ1) is 20.8. The Morgan fingerprint density at radius 1 is 1.03 bits per heavy atom. The standard InChI is InChI=1S/C24H29N5O3/c1-27-9-4-5-19(27)20(28-10-2-3-11-28)15-25-23(31)24(32)26-18-13-16-6-7-21(30)29-12-8-17(14-18)22(16)29/h4-5,9,13-14,20H,2-3,6-8,10-12,15H2,1H3,(H,25,31)(H,26,32)/t20-/m1/s1. The summed E-state index contributed by atoms with van der Waals surface area (Å²) >= 11 is 0. The molecule has 8 heteroatoms. The van der Waals surface area contributed by atoms with E-state index < -0.39 is 11.8 Å². The van der Waals surface area contributed by atoms with E-state index in [0.29, 0.717) is 31.6 Å². The molecule has 0 aliphatic carbocycles. The van der Waals surface area contributed by atoms with Crippen molar-refractivity contribution in [1.82, 2.24) is 14.8 Å². The zero-order chi connectivity index (χ0) is 22.2. The number of likely N-dealkylation sites (tertiary alicyclic amines) is 1. The van der Waals surface area contributed by atoms with Gasteiger partial charge in [0.2, 0.25) is 5.91 Å². The van der Waals surface area contributed by atoms with Crippen LogP contribution in [-0.2, 0) is 34.3 Å². The van der Waals surface area contributed by atoms with Crippen molar-refractivity contribution in [3.8, 4) is 0 Å². The van der Waals surface area contributed by atoms with Crippen molar-refractivity contribution < 1.29 is 14.4 Å². The van der Waals surface area contributed by atoms with Crippen molar-refractivity contribution >= 4 is 29.1 Å². The maximum atomic E-state index is 12.6. The third-order valence-corrected chi connectivity index (χ3v) is 6.88. The molecule has 2 aromatic rings. The van der Waals surface area contributed by atoms with E-state index in [4.69, 9.17) is 0 Å². The normalized spacial score (nSPS) is 18.5. The summed E-state index contributed by atoms with van der Waals surface area (Å²) in [6.45, 7) is 3.07. The van der Waals surface area contributed by atoms with Crippen molar-refractivity contribution in [3.05, 3.63) is 47.3 Å². The number of nitrogens with one attached hydrogen (secondary N) is 2. The van der Waals surface area contributed by atoms with Gasteiger partial charge in [-0.05, 0) is 74.2 Å². The topological polar surface area (TPSA) is 86.7 Å². The number of carbonyl (C=O) groups excluding carboxylic acids is 3. The van der Waals surface area contributed by atoms with Gasteiger partial charge in [0.1, 0.15) is 0 Å². The zero-order valence-corrected chi connectivity index (χ0v) is 18.4. The van der Waals surface area contributed by atoms with E-state index in [1.54, 1.807) is 0 Å². The van der Waals surface area contributed by atoms with Gasteiger partial charge in [-0.1, -0.05) is 0 Å². The van der Waals surface area contributed by atoms with Crippen LogP contribution >= 0.6 is 0 Å². The van der Waals surface area contributed by atoms with Crippen LogP contribution in [-0.4, -0.2) is 53.4 Å². The van der Waals surface area contributed by atoms with Crippen LogP contribution in [0.2, 0.25) is 0 Å². The molecule has 0 spiro atoms. The van der Waals surface area contributed by atoms with Crippen LogP contribution in [0.3, 0.4) is 0 Å². The van der Waals surface area contributed by atoms with Gasteiger partial charge >= 0.3 is 11.8 Å². The molecule has 1 atom stereocenters. The molecule has 4 heterocycles. The molecule has 3 aliphatic rings. The van der Waals surface area contributed by atoms with Gasteiger partial charge in [0.15, 0.2) is 0 Å². The molecular formula is C24H29N5O3. The average Bonchev–Trinajstić information content (AvgIpc) is 3.53. The molecule has 0 radical (unpaired) electrons. The Hall–Kier alpha value is -3.13. The molecule has 2 N–H and O–H groups in total. The number of amides is 3. The third-order valence-electron chi connectivity index (χ3n) is 6.88. The van der Waals surface area contributed by atoms with Gasteiger partial charge < -0.3 is 20.1 Å². The second-order valence-electron chi connectivity index (χ2n) is 8.91. The van der Waals surface area contributed by atoms with Crippen LogP contribution in [0.25, 0.3) is 0 Å². The van der Waals surface area contributed by atoms with Crippen molar-refractivity contribution in [2.75, 3.05) is 36.4 Å². The molecule has 168 valence electrons. The average molecular weight is 436 g/mol. The van der Waals surface area contributed by atoms with E-state index in [2.05, 4.69) is 26.2 Å². The van der Waals surface area contributed by atoms with Crippen LogP contribution in [0.5, 0.6) is 0 Å². The Bertz CT molecular complexity index is 1070. The molecular weight excluding hydrogens is 406 g/mol. The SMILES string of the molecule is Cn1cccc1[C@@H](CNC(=O)C(=O)Nc1cc2c3c(c1)CCN3C(=O)CC2)N1CCCC1. The lowest BCUT2D eigenvalue weighted by Crippen LogP contribution is -2.41. The van der Waals surface area contributed by atoms with E-state index in [0.717, 1.165) is 54.9 Å². The highest BCUT2D eigenvalue weighted by molar-refractivity contribution is 6.39. The van der Waals surface area contributed by atoms with Gasteiger partial charge in [-0.3, -0.25) is 19.3 Å². The van der Waals surface area contributed by atoms with E-state index in [1.807, 2.05) is 36.3 Å². The lowest BCUT2D eigenvalue weighted by Gasteiger charge is -2.28. The Labute approximate surface area is 187 Å². The minimum atomic E-state index is -0.661. The van der Waals surface area contributed by atoms with Gasteiger partial charge in [-0.2, -0.15) is 0 Å². The number of benzene rings is 1. The summed E-state index contributed by atoms with van der Waals surface area (Å²) in [5.74, 6) is -1.13. The number of hydrogen-bond donors (Lipinski definition) is 2. The first-order valence-corrected chi connectivity index (χ1v) is 11.4. The molecule has 0 bridgehead atoms. The molecule has 32 heavy (non-hydrogen) atoms. The van der Waals surface area contributed by atoms with Crippen molar-refractivity contribution in [3.63, 3.8) is 0 Å². The highest BCUT2D eigenvalue weighted by Gasteiger charge is 2.32. The molecule has 5 rings (SSSR count). The fraction of sp³-hybridized carbons (Fsp3) is 0.458. The molecule has 1 aromatic carbocycles. The van der Waals surface area contributed by atoms with Crippen LogP contribution in [0, 0.1) is 0 Å². The van der Waals surface area contributed by atoms with Gasteiger partial charge in [-0.25, -0.2) is 0 Å². The molecule has 1 fully saturated rings. The maximum absolute atomic E-state index is 12.6. The molecule has 8 nitrogen and oxygen atoms in total. The van der Waals surface area contributed by atoms with Crippen LogP contribution in [0.4, 0.5) is 11.4 Å². The number of nitrogens with zero attached hydrogens (tertiary/aromatic N) is 3.